The van der Waals surface area contributed by atoms with Gasteiger partial charge in [0.15, 0.2) is 5.82 Å². The van der Waals surface area contributed by atoms with Gasteiger partial charge in [0.2, 0.25) is 5.89 Å². The summed E-state index contributed by atoms with van der Waals surface area (Å²) in [6.45, 7) is 3.03. The number of hydrogen-bond acceptors (Lipinski definition) is 4. The van der Waals surface area contributed by atoms with Crippen LogP contribution in [0.25, 0.3) is 0 Å². The lowest BCUT2D eigenvalue weighted by molar-refractivity contribution is 0.366. The van der Waals surface area contributed by atoms with Gasteiger partial charge in [-0.05, 0) is 0 Å². The van der Waals surface area contributed by atoms with Gasteiger partial charge in [-0.2, -0.15) is 4.98 Å². The van der Waals surface area contributed by atoms with Gasteiger partial charge in [-0.3, -0.25) is 5.32 Å². The molecule has 0 saturated carbocycles. The van der Waals surface area contributed by atoms with Gasteiger partial charge in [-0.25, -0.2) is 0 Å². The summed E-state index contributed by atoms with van der Waals surface area (Å²) >= 11 is 0. The molecule has 0 saturated heterocycles. The molecule has 4 heteroatoms. The second-order valence-corrected chi connectivity index (χ2v) is 2.27. The number of aryl methyl sites for hydroxylation is 1. The van der Waals surface area contributed by atoms with Crippen LogP contribution in [0.2, 0.25) is 0 Å². The Morgan fingerprint density at radius 1 is 1.67 bits per heavy atom. The van der Waals surface area contributed by atoms with E-state index in [1.807, 2.05) is 6.92 Å². The van der Waals surface area contributed by atoms with Gasteiger partial charge >= 0.3 is 0 Å². The van der Waals surface area contributed by atoms with E-state index in [1.165, 1.54) is 0 Å². The van der Waals surface area contributed by atoms with Crippen LogP contribution in [0.1, 0.15) is 18.6 Å². The molecule has 0 spiro atoms. The first kappa shape index (κ1) is 8.75. The molecule has 1 rings (SSSR count). The van der Waals surface area contributed by atoms with E-state index in [0.29, 0.717) is 19.0 Å². The van der Waals surface area contributed by atoms with Gasteiger partial charge in [0, 0.05) is 6.42 Å². The van der Waals surface area contributed by atoms with Crippen LogP contribution in [-0.2, 0) is 13.0 Å². The first-order chi connectivity index (χ1) is 5.86. The van der Waals surface area contributed by atoms with Crippen LogP contribution in [0.5, 0.6) is 0 Å². The zero-order valence-electron chi connectivity index (χ0n) is 7.00. The van der Waals surface area contributed by atoms with E-state index >= 15 is 0 Å². The molecule has 4 nitrogen and oxygen atoms in total. The molecule has 0 aliphatic heterocycles. The van der Waals surface area contributed by atoms with Crippen LogP contribution in [0, 0.1) is 12.3 Å². The van der Waals surface area contributed by atoms with Gasteiger partial charge in [-0.15, -0.1) is 6.42 Å². The van der Waals surface area contributed by atoms with E-state index < -0.39 is 0 Å². The minimum atomic E-state index is 0.518. The number of terminal acetylenes is 1. The van der Waals surface area contributed by atoms with Crippen molar-refractivity contribution in [1.82, 2.24) is 15.5 Å². The highest BCUT2D eigenvalue weighted by Gasteiger charge is 2.01. The Balaban J connectivity index is 2.37. The van der Waals surface area contributed by atoms with Crippen LogP contribution < -0.4 is 5.32 Å². The summed E-state index contributed by atoms with van der Waals surface area (Å²) in [7, 11) is 0. The first-order valence-corrected chi connectivity index (χ1v) is 3.82. The van der Waals surface area contributed by atoms with Crippen molar-refractivity contribution in [1.29, 1.82) is 0 Å². The highest BCUT2D eigenvalue weighted by atomic mass is 16.5. The molecule has 0 amide bonds. The van der Waals surface area contributed by atoms with Crippen LogP contribution in [-0.4, -0.2) is 16.7 Å². The molecule has 0 fully saturated rings. The van der Waals surface area contributed by atoms with Crippen LogP contribution in [0.3, 0.4) is 0 Å². The Morgan fingerprint density at radius 3 is 3.08 bits per heavy atom. The van der Waals surface area contributed by atoms with Crippen LogP contribution in [0.15, 0.2) is 4.52 Å². The Labute approximate surface area is 71.4 Å². The van der Waals surface area contributed by atoms with Crippen LogP contribution >= 0.6 is 0 Å². The van der Waals surface area contributed by atoms with Crippen molar-refractivity contribution in [2.75, 3.05) is 6.54 Å². The van der Waals surface area contributed by atoms with Crippen molar-refractivity contribution in [3.63, 3.8) is 0 Å². The molecular formula is C8H11N3O. The maximum atomic E-state index is 5.04. The lowest BCUT2D eigenvalue weighted by Gasteiger charge is -1.91. The molecule has 0 aliphatic carbocycles. The number of nitrogens with one attached hydrogen (secondary N) is 1. The molecule has 0 atom stereocenters. The van der Waals surface area contributed by atoms with Crippen molar-refractivity contribution in [2.24, 2.45) is 0 Å². The highest BCUT2D eigenvalue weighted by molar-refractivity contribution is 4.89. The molecule has 0 unspecified atom stereocenters. The summed E-state index contributed by atoms with van der Waals surface area (Å²) in [6, 6.07) is 0. The summed E-state index contributed by atoms with van der Waals surface area (Å²) < 4.78 is 4.91. The molecule has 64 valence electrons. The molecular weight excluding hydrogens is 154 g/mol. The van der Waals surface area contributed by atoms with Gasteiger partial charge in [0.05, 0.1) is 13.1 Å². The highest BCUT2D eigenvalue weighted by Crippen LogP contribution is 1.96. The normalized spacial score (nSPS) is 9.67. The quantitative estimate of drug-likeness (QED) is 0.517. The van der Waals surface area contributed by atoms with Crippen molar-refractivity contribution < 1.29 is 4.52 Å². The summed E-state index contributed by atoms with van der Waals surface area (Å²) in [6.07, 6.45) is 5.84. The average Bonchev–Trinajstić information content (AvgIpc) is 2.53. The summed E-state index contributed by atoms with van der Waals surface area (Å²) in [5, 5.41) is 6.69. The monoisotopic (exact) mass is 165 g/mol. The number of rotatable bonds is 4. The molecule has 1 N–H and O–H groups in total. The molecule has 1 aromatic heterocycles. The topological polar surface area (TPSA) is 51.0 Å². The number of aromatic nitrogens is 2. The second kappa shape index (κ2) is 4.52. The standard InChI is InChI=1S/C8H11N3O/c1-3-5-9-6-8-10-7(4-2)11-12-8/h1,9H,4-6H2,2H3. The lowest BCUT2D eigenvalue weighted by Crippen LogP contribution is -2.13. The molecule has 1 heterocycles. The van der Waals surface area contributed by atoms with E-state index in [2.05, 4.69) is 21.4 Å². The first-order valence-electron chi connectivity index (χ1n) is 3.82. The van der Waals surface area contributed by atoms with Gasteiger partial charge in [-0.1, -0.05) is 18.0 Å². The van der Waals surface area contributed by atoms with Crippen molar-refractivity contribution >= 4 is 0 Å². The van der Waals surface area contributed by atoms with Crippen molar-refractivity contribution in [3.8, 4) is 12.3 Å². The Kier molecular flexibility index (Phi) is 3.30. The third kappa shape index (κ3) is 2.36. The third-order valence-corrected chi connectivity index (χ3v) is 1.33. The predicted octanol–water partition coefficient (Wildman–Crippen LogP) is 0.355. The molecule has 12 heavy (non-hydrogen) atoms. The second-order valence-electron chi connectivity index (χ2n) is 2.27. The van der Waals surface area contributed by atoms with E-state index in [1.54, 1.807) is 0 Å². The molecule has 0 radical (unpaired) electrons. The maximum absolute atomic E-state index is 5.04. The smallest absolute Gasteiger partial charge is 0.240 e. The fourth-order valence-corrected chi connectivity index (χ4v) is 0.747. The third-order valence-electron chi connectivity index (χ3n) is 1.33. The largest absolute Gasteiger partial charge is 0.338 e. The lowest BCUT2D eigenvalue weighted by atomic mass is 10.5. The van der Waals surface area contributed by atoms with E-state index in [-0.39, 0.29) is 0 Å². The zero-order chi connectivity index (χ0) is 8.81. The van der Waals surface area contributed by atoms with Gasteiger partial charge in [0.1, 0.15) is 0 Å². The van der Waals surface area contributed by atoms with E-state index in [0.717, 1.165) is 12.2 Å². The Morgan fingerprint density at radius 2 is 2.50 bits per heavy atom. The predicted molar refractivity (Wildman–Crippen MR) is 44.2 cm³/mol. The average molecular weight is 165 g/mol. The molecule has 0 aromatic carbocycles. The number of hydrogen-bond donors (Lipinski definition) is 1. The Hall–Kier alpha value is -1.34. The minimum Gasteiger partial charge on any atom is -0.338 e. The van der Waals surface area contributed by atoms with Crippen molar-refractivity contribution in [3.05, 3.63) is 11.7 Å². The Bertz CT molecular complexity index is 274. The summed E-state index contributed by atoms with van der Waals surface area (Å²) in [4.78, 5) is 4.09. The summed E-state index contributed by atoms with van der Waals surface area (Å²) in [5.41, 5.74) is 0. The zero-order valence-corrected chi connectivity index (χ0v) is 7.00. The number of nitrogens with zero attached hydrogens (tertiary/aromatic N) is 2. The summed E-state index contributed by atoms with van der Waals surface area (Å²) in [5.74, 6) is 3.77. The molecule has 1 aromatic rings. The van der Waals surface area contributed by atoms with E-state index in [9.17, 15) is 0 Å². The SMILES string of the molecule is C#CCNCc1nc(CC)no1. The maximum Gasteiger partial charge on any atom is 0.240 e. The van der Waals surface area contributed by atoms with Crippen molar-refractivity contribution in [2.45, 2.75) is 19.9 Å². The van der Waals surface area contributed by atoms with E-state index in [4.69, 9.17) is 10.9 Å². The molecule has 0 bridgehead atoms. The fraction of sp³-hybridized carbons (Fsp3) is 0.500. The fourth-order valence-electron chi connectivity index (χ4n) is 0.747. The molecule has 0 aliphatic rings. The van der Waals surface area contributed by atoms with Gasteiger partial charge in [0.25, 0.3) is 0 Å². The van der Waals surface area contributed by atoms with Gasteiger partial charge < -0.3 is 4.52 Å². The van der Waals surface area contributed by atoms with Crippen LogP contribution in [0.4, 0.5) is 0 Å². The minimum absolute atomic E-state index is 0.518.